The lowest BCUT2D eigenvalue weighted by Crippen LogP contribution is -2.51. The lowest BCUT2D eigenvalue weighted by Gasteiger charge is -2.35. The van der Waals surface area contributed by atoms with E-state index in [1.54, 1.807) is 55.4 Å². The van der Waals surface area contributed by atoms with Crippen LogP contribution in [0.1, 0.15) is 12.5 Å². The van der Waals surface area contributed by atoms with E-state index in [2.05, 4.69) is 15.3 Å². The van der Waals surface area contributed by atoms with Crippen LogP contribution in [-0.2, 0) is 23.0 Å². The molecule has 2 amide bonds. The van der Waals surface area contributed by atoms with Gasteiger partial charge in [-0.1, -0.05) is 12.1 Å². The highest BCUT2D eigenvalue weighted by atomic mass is 16.5. The Morgan fingerprint density at radius 1 is 1.09 bits per heavy atom. The van der Waals surface area contributed by atoms with E-state index in [1.807, 2.05) is 11.0 Å². The average molecular weight is 450 g/mol. The van der Waals surface area contributed by atoms with Crippen LogP contribution >= 0.6 is 0 Å². The molecule has 0 radical (unpaired) electrons. The maximum atomic E-state index is 12.8. The van der Waals surface area contributed by atoms with E-state index < -0.39 is 0 Å². The Labute approximate surface area is 190 Å². The quantitative estimate of drug-likeness (QED) is 0.590. The van der Waals surface area contributed by atoms with E-state index in [0.29, 0.717) is 55.5 Å². The molecular formula is C23H26N6O4. The second kappa shape index (κ2) is 9.68. The number of pyridine rings is 1. The maximum Gasteiger partial charge on any atom is 0.321 e. The second-order valence-electron chi connectivity index (χ2n) is 7.73. The number of urea groups is 1. The minimum absolute atomic E-state index is 0.197. The summed E-state index contributed by atoms with van der Waals surface area (Å²) in [5.74, 6) is 0.0920. The zero-order chi connectivity index (χ0) is 23.4. The Morgan fingerprint density at radius 3 is 2.52 bits per heavy atom. The fourth-order valence-electron chi connectivity index (χ4n) is 3.76. The van der Waals surface area contributed by atoms with Gasteiger partial charge in [0.2, 0.25) is 0 Å². The van der Waals surface area contributed by atoms with Crippen LogP contribution in [0, 0.1) is 0 Å². The van der Waals surface area contributed by atoms with Crippen molar-refractivity contribution in [3.63, 3.8) is 0 Å². The third-order valence-corrected chi connectivity index (χ3v) is 5.53. The van der Waals surface area contributed by atoms with Crippen LogP contribution in [0.4, 0.5) is 16.3 Å². The number of ether oxygens (including phenoxy) is 1. The van der Waals surface area contributed by atoms with Gasteiger partial charge in [0.15, 0.2) is 11.5 Å². The van der Waals surface area contributed by atoms with E-state index in [4.69, 9.17) is 4.74 Å². The molecule has 0 spiro atoms. The second-order valence-corrected chi connectivity index (χ2v) is 7.73. The first-order valence-electron chi connectivity index (χ1n) is 10.8. The molecule has 1 aliphatic rings. The summed E-state index contributed by atoms with van der Waals surface area (Å²) in [4.78, 5) is 49.4. The van der Waals surface area contributed by atoms with Crippen molar-refractivity contribution in [1.82, 2.24) is 19.4 Å². The number of benzene rings is 1. The zero-order valence-electron chi connectivity index (χ0n) is 18.7. The molecule has 1 aromatic carbocycles. The highest BCUT2D eigenvalue weighted by Crippen LogP contribution is 2.16. The highest BCUT2D eigenvalue weighted by molar-refractivity contribution is 5.89. The van der Waals surface area contributed by atoms with E-state index in [-0.39, 0.29) is 24.0 Å². The monoisotopic (exact) mass is 450 g/mol. The lowest BCUT2D eigenvalue weighted by molar-refractivity contribution is -0.142. The molecule has 0 unspecified atom stereocenters. The largest absolute Gasteiger partial charge is 0.466 e. The number of anilines is 2. The summed E-state index contributed by atoms with van der Waals surface area (Å²) in [5, 5.41) is 2.88. The number of carbonyl (C=O) groups excluding carboxylic acids is 2. The van der Waals surface area contributed by atoms with Crippen molar-refractivity contribution in [2.75, 3.05) is 43.0 Å². The molecule has 3 aromatic rings. The summed E-state index contributed by atoms with van der Waals surface area (Å²) in [6, 6.07) is 10.5. The first-order valence-corrected chi connectivity index (χ1v) is 10.8. The fraction of sp³-hybridized carbons (Fsp3) is 0.348. The standard InChI is InChI=1S/C23H26N6O4/c1-3-33-19(30)15-16-6-8-17(9-7-16)25-23(32)29-13-11-28(12-14-29)21-22(31)27(2)20-18(26-21)5-4-10-24-20/h4-10H,3,11-15H2,1-2H3,(H,25,32). The van der Waals surface area contributed by atoms with Gasteiger partial charge in [-0.3, -0.25) is 14.2 Å². The van der Waals surface area contributed by atoms with Crippen molar-refractivity contribution in [3.05, 3.63) is 58.5 Å². The van der Waals surface area contributed by atoms with Gasteiger partial charge >= 0.3 is 12.0 Å². The Hall–Kier alpha value is -3.95. The fourth-order valence-corrected chi connectivity index (χ4v) is 3.76. The Kier molecular flexibility index (Phi) is 6.53. The number of hydrogen-bond donors (Lipinski definition) is 1. The van der Waals surface area contributed by atoms with Gasteiger partial charge in [0.25, 0.3) is 5.56 Å². The molecule has 2 aromatic heterocycles. The first kappa shape index (κ1) is 22.3. The number of esters is 1. The van der Waals surface area contributed by atoms with Gasteiger partial charge in [-0.2, -0.15) is 0 Å². The molecule has 0 saturated carbocycles. The highest BCUT2D eigenvalue weighted by Gasteiger charge is 2.24. The van der Waals surface area contributed by atoms with Crippen LogP contribution in [0.2, 0.25) is 0 Å². The van der Waals surface area contributed by atoms with Gasteiger partial charge in [0, 0.05) is 45.1 Å². The summed E-state index contributed by atoms with van der Waals surface area (Å²) in [5.41, 5.74) is 2.45. The number of fused-ring (bicyclic) bond motifs is 1. The van der Waals surface area contributed by atoms with Gasteiger partial charge in [-0.05, 0) is 36.8 Å². The summed E-state index contributed by atoms with van der Waals surface area (Å²) in [6.45, 7) is 4.04. The molecule has 1 N–H and O–H groups in total. The predicted molar refractivity (Wildman–Crippen MR) is 124 cm³/mol. The van der Waals surface area contributed by atoms with Gasteiger partial charge in [0.05, 0.1) is 13.0 Å². The SMILES string of the molecule is CCOC(=O)Cc1ccc(NC(=O)N2CCN(c3nc4cccnc4n(C)c3=O)CC2)cc1. The Bertz CT molecular complexity index is 1220. The van der Waals surface area contributed by atoms with Crippen molar-refractivity contribution in [2.45, 2.75) is 13.3 Å². The lowest BCUT2D eigenvalue weighted by atomic mass is 10.1. The molecule has 10 heteroatoms. The van der Waals surface area contributed by atoms with Crippen molar-refractivity contribution in [2.24, 2.45) is 7.05 Å². The predicted octanol–water partition coefficient (Wildman–Crippen LogP) is 1.79. The summed E-state index contributed by atoms with van der Waals surface area (Å²) < 4.78 is 6.45. The van der Waals surface area contributed by atoms with Gasteiger partial charge in [-0.25, -0.2) is 14.8 Å². The molecule has 1 fully saturated rings. The minimum Gasteiger partial charge on any atom is -0.466 e. The molecule has 10 nitrogen and oxygen atoms in total. The van der Waals surface area contributed by atoms with Gasteiger partial charge < -0.3 is 19.9 Å². The van der Waals surface area contributed by atoms with Crippen LogP contribution in [-0.4, -0.2) is 64.2 Å². The number of aryl methyl sites for hydroxylation is 1. The van der Waals surface area contributed by atoms with Crippen molar-refractivity contribution in [1.29, 1.82) is 0 Å². The van der Waals surface area contributed by atoms with Gasteiger partial charge in [0.1, 0.15) is 5.52 Å². The van der Waals surface area contributed by atoms with Crippen LogP contribution in [0.5, 0.6) is 0 Å². The molecule has 0 bridgehead atoms. The van der Waals surface area contributed by atoms with Crippen molar-refractivity contribution >= 4 is 34.7 Å². The number of rotatable bonds is 5. The summed E-state index contributed by atoms with van der Waals surface area (Å²) >= 11 is 0. The zero-order valence-corrected chi connectivity index (χ0v) is 18.7. The van der Waals surface area contributed by atoms with Crippen LogP contribution in [0.15, 0.2) is 47.4 Å². The smallest absolute Gasteiger partial charge is 0.321 e. The number of piperazine rings is 1. The number of hydrogen-bond acceptors (Lipinski definition) is 7. The molecule has 33 heavy (non-hydrogen) atoms. The third-order valence-electron chi connectivity index (χ3n) is 5.53. The first-order chi connectivity index (χ1) is 16.0. The molecule has 3 heterocycles. The normalized spacial score (nSPS) is 13.8. The third kappa shape index (κ3) is 4.94. The maximum absolute atomic E-state index is 12.8. The average Bonchev–Trinajstić information content (AvgIpc) is 2.83. The molecule has 1 aliphatic heterocycles. The van der Waals surface area contributed by atoms with E-state index in [1.165, 1.54) is 4.57 Å². The molecule has 0 atom stereocenters. The molecule has 172 valence electrons. The Balaban J connectivity index is 1.36. The summed E-state index contributed by atoms with van der Waals surface area (Å²) in [6.07, 6.45) is 1.83. The van der Waals surface area contributed by atoms with Gasteiger partial charge in [-0.15, -0.1) is 0 Å². The molecule has 4 rings (SSSR count). The number of carbonyl (C=O) groups is 2. The number of nitrogens with one attached hydrogen (secondary N) is 1. The number of amides is 2. The van der Waals surface area contributed by atoms with Crippen LogP contribution in [0.25, 0.3) is 11.2 Å². The van der Waals surface area contributed by atoms with E-state index in [0.717, 1.165) is 5.56 Å². The van der Waals surface area contributed by atoms with E-state index >= 15 is 0 Å². The molecule has 1 saturated heterocycles. The van der Waals surface area contributed by atoms with E-state index in [9.17, 15) is 14.4 Å². The molecular weight excluding hydrogens is 424 g/mol. The number of aromatic nitrogens is 3. The minimum atomic E-state index is -0.279. The Morgan fingerprint density at radius 2 is 1.82 bits per heavy atom. The van der Waals surface area contributed by atoms with Crippen molar-refractivity contribution < 1.29 is 14.3 Å². The van der Waals surface area contributed by atoms with Crippen LogP contribution < -0.4 is 15.8 Å². The number of nitrogens with zero attached hydrogens (tertiary/aromatic N) is 5. The van der Waals surface area contributed by atoms with Crippen LogP contribution in [0.3, 0.4) is 0 Å². The topological polar surface area (TPSA) is 110 Å². The molecule has 0 aliphatic carbocycles. The van der Waals surface area contributed by atoms with Crippen molar-refractivity contribution in [3.8, 4) is 0 Å². The summed E-state index contributed by atoms with van der Waals surface area (Å²) in [7, 11) is 1.69.